The molecule has 2 rings (SSSR count). The van der Waals surface area contributed by atoms with Gasteiger partial charge in [0.1, 0.15) is 17.9 Å². The zero-order valence-electron chi connectivity index (χ0n) is 13.6. The largest absolute Gasteiger partial charge is 0.345 e. The first-order valence-corrected chi connectivity index (χ1v) is 8.07. The summed E-state index contributed by atoms with van der Waals surface area (Å²) in [5.74, 6) is -0.846. The number of amides is 2. The van der Waals surface area contributed by atoms with E-state index in [-0.39, 0.29) is 36.1 Å². The van der Waals surface area contributed by atoms with E-state index in [1.807, 2.05) is 0 Å². The molecule has 0 bridgehead atoms. The maximum absolute atomic E-state index is 11.9. The molecule has 2 amide bonds. The molecule has 2 N–H and O–H groups in total. The van der Waals surface area contributed by atoms with Gasteiger partial charge in [0.15, 0.2) is 0 Å². The van der Waals surface area contributed by atoms with E-state index in [1.54, 1.807) is 24.3 Å². The first-order chi connectivity index (χ1) is 11.8. The summed E-state index contributed by atoms with van der Waals surface area (Å²) in [5, 5.41) is 20.0. The van der Waals surface area contributed by atoms with Crippen molar-refractivity contribution in [3.8, 4) is 0 Å². The number of aromatic nitrogens is 2. The summed E-state index contributed by atoms with van der Waals surface area (Å²) in [5.41, 5.74) is 1.03. The van der Waals surface area contributed by atoms with Crippen molar-refractivity contribution >= 4 is 39.1 Å². The standard InChI is InChI=1S/C15H16BrN5O4/c1-9-15(21(24)25)10(2)20(19-9)8-14(23)17-7-13(22)18-12-5-3-11(16)4-6-12/h3-6H,7-8H2,1-2H3,(H,17,23)(H,18,22). The molecule has 25 heavy (non-hydrogen) atoms. The number of nitro groups is 1. The molecule has 0 atom stereocenters. The molecule has 9 nitrogen and oxygen atoms in total. The van der Waals surface area contributed by atoms with Crippen molar-refractivity contribution < 1.29 is 14.5 Å². The van der Waals surface area contributed by atoms with E-state index in [9.17, 15) is 19.7 Å². The van der Waals surface area contributed by atoms with Crippen molar-refractivity contribution in [3.63, 3.8) is 0 Å². The molecule has 132 valence electrons. The monoisotopic (exact) mass is 409 g/mol. The van der Waals surface area contributed by atoms with Crippen LogP contribution in [0.2, 0.25) is 0 Å². The zero-order chi connectivity index (χ0) is 18.6. The highest BCUT2D eigenvalue weighted by Gasteiger charge is 2.22. The second-order valence-electron chi connectivity index (χ2n) is 5.27. The van der Waals surface area contributed by atoms with Gasteiger partial charge in [0, 0.05) is 10.2 Å². The summed E-state index contributed by atoms with van der Waals surface area (Å²) in [7, 11) is 0. The second-order valence-corrected chi connectivity index (χ2v) is 6.18. The molecule has 0 fully saturated rings. The topological polar surface area (TPSA) is 119 Å². The highest BCUT2D eigenvalue weighted by atomic mass is 79.9. The van der Waals surface area contributed by atoms with E-state index in [2.05, 4.69) is 31.7 Å². The molecular formula is C15H16BrN5O4. The van der Waals surface area contributed by atoms with Gasteiger partial charge < -0.3 is 10.6 Å². The number of aryl methyl sites for hydroxylation is 1. The fourth-order valence-corrected chi connectivity index (χ4v) is 2.48. The molecule has 0 aliphatic rings. The Morgan fingerprint density at radius 3 is 2.44 bits per heavy atom. The Morgan fingerprint density at radius 2 is 1.88 bits per heavy atom. The zero-order valence-corrected chi connectivity index (χ0v) is 15.2. The summed E-state index contributed by atoms with van der Waals surface area (Å²) >= 11 is 3.29. The van der Waals surface area contributed by atoms with Crippen LogP contribution in [-0.4, -0.2) is 33.1 Å². The van der Waals surface area contributed by atoms with Crippen molar-refractivity contribution in [3.05, 3.63) is 50.2 Å². The molecule has 0 aliphatic carbocycles. The average Bonchev–Trinajstić information content (AvgIpc) is 2.81. The maximum Gasteiger partial charge on any atom is 0.312 e. The summed E-state index contributed by atoms with van der Waals surface area (Å²) < 4.78 is 2.13. The van der Waals surface area contributed by atoms with Crippen molar-refractivity contribution in [2.45, 2.75) is 20.4 Å². The van der Waals surface area contributed by atoms with Gasteiger partial charge >= 0.3 is 5.69 Å². The van der Waals surface area contributed by atoms with E-state index < -0.39 is 10.8 Å². The molecule has 1 heterocycles. The van der Waals surface area contributed by atoms with Crippen LogP contribution in [0.1, 0.15) is 11.4 Å². The second kappa shape index (κ2) is 7.88. The van der Waals surface area contributed by atoms with Crippen LogP contribution in [0.5, 0.6) is 0 Å². The lowest BCUT2D eigenvalue weighted by Crippen LogP contribution is -2.35. The van der Waals surface area contributed by atoms with E-state index >= 15 is 0 Å². The number of benzene rings is 1. The maximum atomic E-state index is 11.9. The Bertz CT molecular complexity index is 816. The number of hydrogen-bond donors (Lipinski definition) is 2. The van der Waals surface area contributed by atoms with Crippen LogP contribution in [-0.2, 0) is 16.1 Å². The Hall–Kier alpha value is -2.75. The summed E-state index contributed by atoms with van der Waals surface area (Å²) in [6.45, 7) is 2.61. The normalized spacial score (nSPS) is 10.4. The Morgan fingerprint density at radius 1 is 1.24 bits per heavy atom. The SMILES string of the molecule is Cc1nn(CC(=O)NCC(=O)Nc2ccc(Br)cc2)c(C)c1[N+](=O)[O-]. The molecule has 0 radical (unpaired) electrons. The smallest absolute Gasteiger partial charge is 0.312 e. The predicted molar refractivity (Wildman–Crippen MR) is 94.1 cm³/mol. The highest BCUT2D eigenvalue weighted by Crippen LogP contribution is 2.21. The van der Waals surface area contributed by atoms with Gasteiger partial charge in [0.2, 0.25) is 11.8 Å². The molecule has 0 spiro atoms. The lowest BCUT2D eigenvalue weighted by Gasteiger charge is -2.08. The quantitative estimate of drug-likeness (QED) is 0.557. The molecular weight excluding hydrogens is 394 g/mol. The van der Waals surface area contributed by atoms with Gasteiger partial charge in [0.05, 0.1) is 11.5 Å². The van der Waals surface area contributed by atoms with Crippen molar-refractivity contribution in [2.24, 2.45) is 0 Å². The predicted octanol–water partition coefficient (Wildman–Crippen LogP) is 1.93. The summed E-state index contributed by atoms with van der Waals surface area (Å²) in [4.78, 5) is 34.2. The van der Waals surface area contributed by atoms with Crippen LogP contribution >= 0.6 is 15.9 Å². The number of nitrogens with zero attached hydrogens (tertiary/aromatic N) is 3. The lowest BCUT2D eigenvalue weighted by molar-refractivity contribution is -0.386. The van der Waals surface area contributed by atoms with Crippen molar-refractivity contribution in [1.29, 1.82) is 0 Å². The Labute approximate surface area is 151 Å². The van der Waals surface area contributed by atoms with E-state index in [4.69, 9.17) is 0 Å². The number of carbonyl (C=O) groups is 2. The Balaban J connectivity index is 1.88. The third kappa shape index (κ3) is 4.86. The number of hydrogen-bond acceptors (Lipinski definition) is 5. The van der Waals surface area contributed by atoms with Gasteiger partial charge in [0.25, 0.3) is 0 Å². The highest BCUT2D eigenvalue weighted by molar-refractivity contribution is 9.10. The van der Waals surface area contributed by atoms with Gasteiger partial charge in [-0.15, -0.1) is 0 Å². The average molecular weight is 410 g/mol. The molecule has 1 aromatic carbocycles. The lowest BCUT2D eigenvalue weighted by atomic mass is 10.3. The fraction of sp³-hybridized carbons (Fsp3) is 0.267. The van der Waals surface area contributed by atoms with Crippen molar-refractivity contribution in [2.75, 3.05) is 11.9 Å². The van der Waals surface area contributed by atoms with Crippen LogP contribution in [0, 0.1) is 24.0 Å². The number of rotatable bonds is 6. The van der Waals surface area contributed by atoms with E-state index in [0.717, 1.165) is 4.47 Å². The molecule has 10 heteroatoms. The van der Waals surface area contributed by atoms with Gasteiger partial charge in [-0.3, -0.25) is 24.4 Å². The van der Waals surface area contributed by atoms with Crippen LogP contribution < -0.4 is 10.6 Å². The number of carbonyl (C=O) groups excluding carboxylic acids is 2. The molecule has 2 aromatic rings. The molecule has 0 saturated carbocycles. The minimum absolute atomic E-state index is 0.110. The minimum Gasteiger partial charge on any atom is -0.345 e. The molecule has 0 aliphatic heterocycles. The third-order valence-corrected chi connectivity index (χ3v) is 3.92. The number of nitrogens with one attached hydrogen (secondary N) is 2. The first kappa shape index (κ1) is 18.6. The van der Waals surface area contributed by atoms with E-state index in [1.165, 1.54) is 18.5 Å². The fourth-order valence-electron chi connectivity index (χ4n) is 2.21. The minimum atomic E-state index is -0.530. The van der Waals surface area contributed by atoms with Crippen molar-refractivity contribution in [1.82, 2.24) is 15.1 Å². The first-order valence-electron chi connectivity index (χ1n) is 7.28. The van der Waals surface area contributed by atoms with Crippen LogP contribution in [0.15, 0.2) is 28.7 Å². The van der Waals surface area contributed by atoms with Crippen LogP contribution in [0.25, 0.3) is 0 Å². The molecule has 0 unspecified atom stereocenters. The van der Waals surface area contributed by atoms with Crippen LogP contribution in [0.4, 0.5) is 11.4 Å². The summed E-state index contributed by atoms with van der Waals surface area (Å²) in [6, 6.07) is 7.01. The Kier molecular flexibility index (Phi) is 5.86. The van der Waals surface area contributed by atoms with Gasteiger partial charge in [-0.1, -0.05) is 15.9 Å². The third-order valence-electron chi connectivity index (χ3n) is 3.39. The van der Waals surface area contributed by atoms with Gasteiger partial charge in [-0.25, -0.2) is 0 Å². The number of anilines is 1. The van der Waals surface area contributed by atoms with E-state index in [0.29, 0.717) is 5.69 Å². The molecule has 1 aromatic heterocycles. The summed E-state index contributed by atoms with van der Waals surface area (Å²) in [6.07, 6.45) is 0. The van der Waals surface area contributed by atoms with Gasteiger partial charge in [-0.05, 0) is 38.1 Å². The van der Waals surface area contributed by atoms with Crippen LogP contribution in [0.3, 0.4) is 0 Å². The molecule has 0 saturated heterocycles. The number of halogens is 1. The van der Waals surface area contributed by atoms with Gasteiger partial charge in [-0.2, -0.15) is 5.10 Å².